The van der Waals surface area contributed by atoms with Crippen LogP contribution in [0.25, 0.3) is 0 Å². The summed E-state index contributed by atoms with van der Waals surface area (Å²) in [5.41, 5.74) is 4.70. The number of aliphatic carboxylic acids is 1. The predicted octanol–water partition coefficient (Wildman–Crippen LogP) is 4.21. The van der Waals surface area contributed by atoms with Crippen molar-refractivity contribution in [3.8, 4) is 11.5 Å². The minimum Gasteiger partial charge on any atom is -0.497 e. The van der Waals surface area contributed by atoms with Crippen LogP contribution in [0.15, 0.2) is 36.4 Å². The Bertz CT molecular complexity index is 840. The molecule has 1 N–H and O–H groups in total. The Balaban J connectivity index is 2.07. The van der Waals surface area contributed by atoms with E-state index in [1.165, 1.54) is 16.7 Å². The summed E-state index contributed by atoms with van der Waals surface area (Å²) in [6.07, 6.45) is 1.31. The van der Waals surface area contributed by atoms with Crippen LogP contribution in [0, 0.1) is 19.8 Å². The van der Waals surface area contributed by atoms with Crippen LogP contribution in [0.2, 0.25) is 0 Å². The van der Waals surface area contributed by atoms with Gasteiger partial charge in [0.1, 0.15) is 11.5 Å². The summed E-state index contributed by atoms with van der Waals surface area (Å²) in [5.74, 6) is 0.641. The quantitative estimate of drug-likeness (QED) is 0.810. The van der Waals surface area contributed by atoms with Crippen LogP contribution in [0.5, 0.6) is 11.5 Å². The lowest BCUT2D eigenvalue weighted by Gasteiger charge is -2.38. The third-order valence-electron chi connectivity index (χ3n) is 5.70. The summed E-state index contributed by atoms with van der Waals surface area (Å²) in [4.78, 5) is 13.8. The molecule has 5 heteroatoms. The fraction of sp³-hybridized carbons (Fsp3) is 0.435. The normalized spacial score (nSPS) is 16.6. The molecule has 1 saturated heterocycles. The second kappa shape index (κ2) is 8.65. The second-order valence-electron chi connectivity index (χ2n) is 7.52. The Labute approximate surface area is 166 Å². The van der Waals surface area contributed by atoms with Crippen molar-refractivity contribution in [2.75, 3.05) is 27.3 Å². The maximum Gasteiger partial charge on any atom is 0.306 e. The first-order valence-corrected chi connectivity index (χ1v) is 9.70. The van der Waals surface area contributed by atoms with Gasteiger partial charge in [0.15, 0.2) is 0 Å². The number of methoxy groups -OCH3 is 2. The van der Waals surface area contributed by atoms with E-state index in [-0.39, 0.29) is 12.0 Å². The van der Waals surface area contributed by atoms with E-state index in [2.05, 4.69) is 36.9 Å². The van der Waals surface area contributed by atoms with E-state index in [1.54, 1.807) is 14.2 Å². The van der Waals surface area contributed by atoms with Gasteiger partial charge in [-0.25, -0.2) is 0 Å². The first kappa shape index (κ1) is 20.2. The van der Waals surface area contributed by atoms with Gasteiger partial charge in [-0.15, -0.1) is 0 Å². The van der Waals surface area contributed by atoms with Gasteiger partial charge >= 0.3 is 5.97 Å². The number of hydrogen-bond acceptors (Lipinski definition) is 4. The maximum absolute atomic E-state index is 11.4. The number of likely N-dealkylation sites (tertiary alicyclic amines) is 1. The molecule has 1 heterocycles. The molecule has 1 aliphatic heterocycles. The highest BCUT2D eigenvalue weighted by Crippen LogP contribution is 2.40. The molecule has 0 aromatic heterocycles. The smallest absolute Gasteiger partial charge is 0.306 e. The van der Waals surface area contributed by atoms with Crippen molar-refractivity contribution in [1.29, 1.82) is 0 Å². The Kier molecular flexibility index (Phi) is 6.25. The molecule has 0 radical (unpaired) electrons. The molecule has 3 rings (SSSR count). The highest BCUT2D eigenvalue weighted by atomic mass is 16.5. The molecule has 2 aromatic rings. The summed E-state index contributed by atoms with van der Waals surface area (Å²) >= 11 is 0. The minimum absolute atomic E-state index is 0.0135. The molecular weight excluding hydrogens is 354 g/mol. The zero-order valence-electron chi connectivity index (χ0n) is 17.1. The number of rotatable bonds is 6. The summed E-state index contributed by atoms with van der Waals surface area (Å²) in [6, 6.07) is 12.4. The van der Waals surface area contributed by atoms with E-state index in [4.69, 9.17) is 9.47 Å². The number of benzene rings is 2. The van der Waals surface area contributed by atoms with Gasteiger partial charge in [0.2, 0.25) is 0 Å². The summed E-state index contributed by atoms with van der Waals surface area (Å²) in [6.45, 7) is 5.69. The first-order valence-electron chi connectivity index (χ1n) is 9.70. The predicted molar refractivity (Wildman–Crippen MR) is 109 cm³/mol. The van der Waals surface area contributed by atoms with Crippen LogP contribution >= 0.6 is 0 Å². The Morgan fingerprint density at radius 1 is 1.04 bits per heavy atom. The summed E-state index contributed by atoms with van der Waals surface area (Å²) in [7, 11) is 3.34. The number of piperidine rings is 1. The van der Waals surface area contributed by atoms with Crippen molar-refractivity contribution in [2.24, 2.45) is 5.92 Å². The molecule has 28 heavy (non-hydrogen) atoms. The van der Waals surface area contributed by atoms with Gasteiger partial charge in [-0.2, -0.15) is 0 Å². The van der Waals surface area contributed by atoms with Crippen molar-refractivity contribution in [1.82, 2.24) is 4.90 Å². The molecule has 1 aliphatic rings. The Morgan fingerprint density at radius 3 is 2.32 bits per heavy atom. The number of carboxylic acid groups (broad SMARTS) is 1. The van der Waals surface area contributed by atoms with Crippen LogP contribution < -0.4 is 9.47 Å². The van der Waals surface area contributed by atoms with Gasteiger partial charge in [-0.05, 0) is 69.1 Å². The van der Waals surface area contributed by atoms with Crippen molar-refractivity contribution >= 4 is 5.97 Å². The SMILES string of the molecule is COc1ccc(OC)c(C(c2ccc(C)cc2C)N2CCC(C(=O)O)CC2)c1. The third kappa shape index (κ3) is 4.14. The van der Waals surface area contributed by atoms with E-state index in [9.17, 15) is 9.90 Å². The topological polar surface area (TPSA) is 59.0 Å². The number of hydrogen-bond donors (Lipinski definition) is 1. The number of aryl methyl sites for hydroxylation is 2. The van der Waals surface area contributed by atoms with E-state index in [0.717, 1.165) is 30.2 Å². The molecule has 0 bridgehead atoms. The van der Waals surface area contributed by atoms with Crippen LogP contribution in [-0.4, -0.2) is 43.3 Å². The van der Waals surface area contributed by atoms with E-state index in [0.29, 0.717) is 12.8 Å². The van der Waals surface area contributed by atoms with Gasteiger partial charge in [-0.3, -0.25) is 9.69 Å². The molecule has 0 amide bonds. The Hall–Kier alpha value is -2.53. The second-order valence-corrected chi connectivity index (χ2v) is 7.52. The molecule has 1 atom stereocenters. The summed E-state index contributed by atoms with van der Waals surface area (Å²) in [5, 5.41) is 9.37. The number of nitrogens with zero attached hydrogens (tertiary/aromatic N) is 1. The fourth-order valence-electron chi connectivity index (χ4n) is 4.15. The van der Waals surface area contributed by atoms with Crippen molar-refractivity contribution in [2.45, 2.75) is 32.7 Å². The van der Waals surface area contributed by atoms with Gasteiger partial charge in [-0.1, -0.05) is 23.8 Å². The molecule has 0 aliphatic carbocycles. The van der Waals surface area contributed by atoms with E-state index in [1.807, 2.05) is 18.2 Å². The zero-order chi connectivity index (χ0) is 20.3. The van der Waals surface area contributed by atoms with Gasteiger partial charge in [0.05, 0.1) is 26.2 Å². The fourth-order valence-corrected chi connectivity index (χ4v) is 4.15. The van der Waals surface area contributed by atoms with Crippen LogP contribution in [0.3, 0.4) is 0 Å². The van der Waals surface area contributed by atoms with Crippen LogP contribution in [0.1, 0.15) is 41.1 Å². The first-order chi connectivity index (χ1) is 13.4. The minimum atomic E-state index is -0.693. The van der Waals surface area contributed by atoms with Crippen LogP contribution in [0.4, 0.5) is 0 Å². The molecule has 1 unspecified atom stereocenters. The largest absolute Gasteiger partial charge is 0.497 e. The molecule has 0 spiro atoms. The molecule has 0 saturated carbocycles. The lowest BCUT2D eigenvalue weighted by atomic mass is 9.88. The number of carbonyl (C=O) groups is 1. The molecule has 150 valence electrons. The van der Waals surface area contributed by atoms with Crippen molar-refractivity contribution in [3.05, 3.63) is 58.7 Å². The monoisotopic (exact) mass is 383 g/mol. The van der Waals surface area contributed by atoms with E-state index < -0.39 is 5.97 Å². The van der Waals surface area contributed by atoms with E-state index >= 15 is 0 Å². The van der Waals surface area contributed by atoms with Gasteiger partial charge in [0, 0.05) is 5.56 Å². The average molecular weight is 383 g/mol. The molecule has 5 nitrogen and oxygen atoms in total. The van der Waals surface area contributed by atoms with Crippen LogP contribution in [-0.2, 0) is 4.79 Å². The average Bonchev–Trinajstić information content (AvgIpc) is 2.70. The molecule has 1 fully saturated rings. The zero-order valence-corrected chi connectivity index (χ0v) is 17.1. The van der Waals surface area contributed by atoms with Crippen molar-refractivity contribution in [3.63, 3.8) is 0 Å². The molecular formula is C23H29NO4. The lowest BCUT2D eigenvalue weighted by Crippen LogP contribution is -2.39. The van der Waals surface area contributed by atoms with Crippen molar-refractivity contribution < 1.29 is 19.4 Å². The highest BCUT2D eigenvalue weighted by Gasteiger charge is 2.32. The number of carboxylic acids is 1. The standard InChI is InChI=1S/C23H29NO4/c1-15-5-7-19(16(2)13-15)22(24-11-9-17(10-12-24)23(25)26)20-14-18(27-3)6-8-21(20)28-4/h5-8,13-14,17,22H,9-12H2,1-4H3,(H,25,26). The molecule has 2 aromatic carbocycles. The third-order valence-corrected chi connectivity index (χ3v) is 5.70. The lowest BCUT2D eigenvalue weighted by molar-refractivity contribution is -0.143. The maximum atomic E-state index is 11.4. The highest BCUT2D eigenvalue weighted by molar-refractivity contribution is 5.70. The summed E-state index contributed by atoms with van der Waals surface area (Å²) < 4.78 is 11.2. The van der Waals surface area contributed by atoms with Gasteiger partial charge in [0.25, 0.3) is 0 Å². The number of ether oxygens (including phenoxy) is 2. The van der Waals surface area contributed by atoms with Gasteiger partial charge < -0.3 is 14.6 Å². The Morgan fingerprint density at radius 2 is 1.75 bits per heavy atom.